The average Bonchev–Trinajstić information content (AvgIpc) is 2.45. The van der Waals surface area contributed by atoms with E-state index in [2.05, 4.69) is 10.1 Å². The molecule has 0 bridgehead atoms. The van der Waals surface area contributed by atoms with Gasteiger partial charge in [0.2, 0.25) is 5.91 Å². The second kappa shape index (κ2) is 6.69. The Morgan fingerprint density at radius 2 is 1.95 bits per heavy atom. The minimum Gasteiger partial charge on any atom is -0.435 e. The van der Waals surface area contributed by atoms with E-state index in [1.165, 1.54) is 12.1 Å². The highest BCUT2D eigenvalue weighted by Gasteiger charge is 2.05. The number of primary amides is 1. The molecule has 0 radical (unpaired) electrons. The average molecular weight is 292 g/mol. The maximum Gasteiger partial charge on any atom is 0.387 e. The second-order valence-electron chi connectivity index (χ2n) is 4.32. The first-order valence-electron chi connectivity index (χ1n) is 6.22. The van der Waals surface area contributed by atoms with Crippen molar-refractivity contribution in [2.75, 3.05) is 5.32 Å². The molecule has 2 aromatic rings. The van der Waals surface area contributed by atoms with E-state index < -0.39 is 12.5 Å². The molecular formula is C15H14F2N2O2. The number of benzene rings is 2. The minimum atomic E-state index is -2.85. The number of hydrogen-bond donors (Lipinski definition) is 2. The van der Waals surface area contributed by atoms with Crippen LogP contribution in [0.4, 0.5) is 14.5 Å². The number of carbonyl (C=O) groups is 1. The molecule has 0 saturated heterocycles. The van der Waals surface area contributed by atoms with Gasteiger partial charge in [-0.3, -0.25) is 4.79 Å². The number of halogens is 2. The lowest BCUT2D eigenvalue weighted by Gasteiger charge is -2.09. The van der Waals surface area contributed by atoms with Crippen LogP contribution in [0.5, 0.6) is 5.75 Å². The van der Waals surface area contributed by atoms with E-state index in [0.29, 0.717) is 17.8 Å². The molecule has 1 amide bonds. The van der Waals surface area contributed by atoms with Crippen molar-refractivity contribution >= 4 is 11.6 Å². The third kappa shape index (κ3) is 4.45. The first kappa shape index (κ1) is 14.8. The zero-order valence-electron chi connectivity index (χ0n) is 11.1. The third-order valence-electron chi connectivity index (χ3n) is 2.77. The van der Waals surface area contributed by atoms with E-state index in [9.17, 15) is 13.6 Å². The molecule has 2 aromatic carbocycles. The topological polar surface area (TPSA) is 64.4 Å². The highest BCUT2D eigenvalue weighted by Crippen LogP contribution is 2.20. The number of rotatable bonds is 6. The summed E-state index contributed by atoms with van der Waals surface area (Å²) >= 11 is 0. The van der Waals surface area contributed by atoms with Gasteiger partial charge in [-0.1, -0.05) is 18.2 Å². The molecule has 0 fully saturated rings. The van der Waals surface area contributed by atoms with Crippen LogP contribution in [0, 0.1) is 0 Å². The Labute approximate surface area is 120 Å². The summed E-state index contributed by atoms with van der Waals surface area (Å²) in [7, 11) is 0. The van der Waals surface area contributed by atoms with E-state index in [1.807, 2.05) is 6.07 Å². The van der Waals surface area contributed by atoms with Crippen LogP contribution < -0.4 is 15.8 Å². The largest absolute Gasteiger partial charge is 0.435 e. The summed E-state index contributed by atoms with van der Waals surface area (Å²) in [6, 6.07) is 13.1. The van der Waals surface area contributed by atoms with Gasteiger partial charge in [0.05, 0.1) is 0 Å². The van der Waals surface area contributed by atoms with Gasteiger partial charge in [-0.15, -0.1) is 0 Å². The second-order valence-corrected chi connectivity index (χ2v) is 4.32. The number of amides is 1. The van der Waals surface area contributed by atoms with Crippen molar-refractivity contribution < 1.29 is 18.3 Å². The lowest BCUT2D eigenvalue weighted by molar-refractivity contribution is -0.0498. The molecule has 0 aliphatic heterocycles. The van der Waals surface area contributed by atoms with Gasteiger partial charge in [0.25, 0.3) is 0 Å². The van der Waals surface area contributed by atoms with E-state index >= 15 is 0 Å². The Morgan fingerprint density at radius 3 is 2.67 bits per heavy atom. The van der Waals surface area contributed by atoms with Crippen LogP contribution in [0.3, 0.4) is 0 Å². The molecule has 110 valence electrons. The number of nitrogens with two attached hydrogens (primary N) is 1. The van der Waals surface area contributed by atoms with E-state index in [-0.39, 0.29) is 5.75 Å². The fourth-order valence-electron chi connectivity index (χ4n) is 1.82. The van der Waals surface area contributed by atoms with Crippen LogP contribution in [-0.4, -0.2) is 12.5 Å². The van der Waals surface area contributed by atoms with E-state index in [1.54, 1.807) is 30.3 Å². The van der Waals surface area contributed by atoms with Crippen LogP contribution in [0.25, 0.3) is 0 Å². The maximum absolute atomic E-state index is 12.1. The zero-order chi connectivity index (χ0) is 15.2. The summed E-state index contributed by atoms with van der Waals surface area (Å²) in [5.74, 6) is -0.412. The zero-order valence-corrected chi connectivity index (χ0v) is 11.1. The van der Waals surface area contributed by atoms with Gasteiger partial charge in [0, 0.05) is 23.9 Å². The van der Waals surface area contributed by atoms with Crippen LogP contribution in [0.2, 0.25) is 0 Å². The van der Waals surface area contributed by atoms with Gasteiger partial charge >= 0.3 is 6.61 Å². The van der Waals surface area contributed by atoms with Crippen molar-refractivity contribution in [3.8, 4) is 5.75 Å². The van der Waals surface area contributed by atoms with E-state index in [4.69, 9.17) is 5.73 Å². The quantitative estimate of drug-likeness (QED) is 0.860. The first-order chi connectivity index (χ1) is 10.0. The Bertz CT molecular complexity index is 633. The Morgan fingerprint density at radius 1 is 1.19 bits per heavy atom. The number of alkyl halides is 2. The third-order valence-corrected chi connectivity index (χ3v) is 2.77. The van der Waals surface area contributed by atoms with E-state index in [0.717, 1.165) is 5.56 Å². The van der Waals surface area contributed by atoms with Crippen molar-refractivity contribution in [1.29, 1.82) is 0 Å². The SMILES string of the molecule is NC(=O)c1cccc(CNc2cccc(OC(F)F)c2)c1. The van der Waals surface area contributed by atoms with Crippen LogP contribution in [-0.2, 0) is 6.54 Å². The summed E-state index contributed by atoms with van der Waals surface area (Å²) in [6.07, 6.45) is 0. The molecule has 3 N–H and O–H groups in total. The minimum absolute atomic E-state index is 0.0842. The molecule has 0 unspecified atom stereocenters. The van der Waals surface area contributed by atoms with Gasteiger partial charge in [-0.05, 0) is 29.8 Å². The molecule has 21 heavy (non-hydrogen) atoms. The van der Waals surface area contributed by atoms with Crippen molar-refractivity contribution in [3.05, 3.63) is 59.7 Å². The number of ether oxygens (including phenoxy) is 1. The smallest absolute Gasteiger partial charge is 0.387 e. The lowest BCUT2D eigenvalue weighted by atomic mass is 10.1. The summed E-state index contributed by atoms with van der Waals surface area (Å²) < 4.78 is 28.6. The standard InChI is InChI=1S/C15H14F2N2O2/c16-15(17)21-13-6-2-5-12(8-13)19-9-10-3-1-4-11(7-10)14(18)20/h1-8,15,19H,9H2,(H2,18,20). The Kier molecular flexibility index (Phi) is 4.71. The molecule has 0 spiro atoms. The summed E-state index contributed by atoms with van der Waals surface area (Å²) in [5, 5.41) is 3.06. The lowest BCUT2D eigenvalue weighted by Crippen LogP contribution is -2.11. The number of nitrogens with one attached hydrogen (secondary N) is 1. The molecule has 0 saturated carbocycles. The number of anilines is 1. The fourth-order valence-corrected chi connectivity index (χ4v) is 1.82. The fraction of sp³-hybridized carbons (Fsp3) is 0.133. The monoisotopic (exact) mass is 292 g/mol. The van der Waals surface area contributed by atoms with Gasteiger partial charge in [-0.25, -0.2) is 0 Å². The van der Waals surface area contributed by atoms with Gasteiger partial charge in [-0.2, -0.15) is 8.78 Å². The number of carbonyl (C=O) groups excluding carboxylic acids is 1. The van der Waals surface area contributed by atoms with Crippen molar-refractivity contribution in [2.24, 2.45) is 5.73 Å². The first-order valence-corrected chi connectivity index (χ1v) is 6.22. The summed E-state index contributed by atoms with van der Waals surface area (Å²) in [6.45, 7) is -2.42. The molecule has 0 heterocycles. The molecule has 0 aliphatic carbocycles. The Balaban J connectivity index is 2.02. The van der Waals surface area contributed by atoms with Gasteiger partial charge in [0.1, 0.15) is 5.75 Å². The maximum atomic E-state index is 12.1. The summed E-state index contributed by atoms with van der Waals surface area (Å²) in [4.78, 5) is 11.1. The van der Waals surface area contributed by atoms with Crippen LogP contribution in [0.1, 0.15) is 15.9 Å². The number of hydrogen-bond acceptors (Lipinski definition) is 3. The predicted molar refractivity (Wildman–Crippen MR) is 75.4 cm³/mol. The highest BCUT2D eigenvalue weighted by atomic mass is 19.3. The Hall–Kier alpha value is -2.63. The molecule has 0 aliphatic rings. The molecule has 4 nitrogen and oxygen atoms in total. The van der Waals surface area contributed by atoms with Crippen molar-refractivity contribution in [2.45, 2.75) is 13.2 Å². The van der Waals surface area contributed by atoms with Gasteiger partial charge in [0.15, 0.2) is 0 Å². The van der Waals surface area contributed by atoms with Crippen LogP contribution in [0.15, 0.2) is 48.5 Å². The molecule has 6 heteroatoms. The highest BCUT2D eigenvalue weighted by molar-refractivity contribution is 5.92. The molecule has 0 aromatic heterocycles. The predicted octanol–water partition coefficient (Wildman–Crippen LogP) is 3.00. The molecular weight excluding hydrogens is 278 g/mol. The van der Waals surface area contributed by atoms with Crippen molar-refractivity contribution in [1.82, 2.24) is 0 Å². The van der Waals surface area contributed by atoms with Crippen molar-refractivity contribution in [3.63, 3.8) is 0 Å². The molecule has 0 atom stereocenters. The molecule has 2 rings (SSSR count). The normalized spacial score (nSPS) is 10.4. The van der Waals surface area contributed by atoms with Gasteiger partial charge < -0.3 is 15.8 Å². The van der Waals surface area contributed by atoms with Crippen LogP contribution >= 0.6 is 0 Å². The summed E-state index contributed by atoms with van der Waals surface area (Å²) in [5.41, 5.74) is 7.12.